The van der Waals surface area contributed by atoms with Gasteiger partial charge in [-0.05, 0) is 52.3 Å². The maximum absolute atomic E-state index is 12.2. The lowest BCUT2D eigenvalue weighted by Gasteiger charge is -2.08. The van der Waals surface area contributed by atoms with Gasteiger partial charge in [0, 0.05) is 27.2 Å². The fourth-order valence-corrected chi connectivity index (χ4v) is 3.86. The molecule has 0 spiro atoms. The third kappa shape index (κ3) is 5.35. The Hall–Kier alpha value is -2.33. The first-order valence-electron chi connectivity index (χ1n) is 8.41. The summed E-state index contributed by atoms with van der Waals surface area (Å²) in [7, 11) is 0. The number of rotatable bonds is 6. The van der Waals surface area contributed by atoms with Gasteiger partial charge in [-0.3, -0.25) is 4.79 Å². The van der Waals surface area contributed by atoms with Crippen molar-refractivity contribution in [2.45, 2.75) is 11.4 Å². The Morgan fingerprint density at radius 2 is 1.89 bits per heavy atom. The van der Waals surface area contributed by atoms with Crippen molar-refractivity contribution in [1.82, 2.24) is 4.98 Å². The van der Waals surface area contributed by atoms with Crippen LogP contribution in [0, 0.1) is 11.3 Å². The van der Waals surface area contributed by atoms with Gasteiger partial charge in [0.25, 0.3) is 0 Å². The third-order valence-corrected chi connectivity index (χ3v) is 5.77. The highest BCUT2D eigenvalue weighted by molar-refractivity contribution is 9.10. The van der Waals surface area contributed by atoms with E-state index in [1.807, 2.05) is 42.5 Å². The number of carbonyl (C=O) groups is 1. The molecule has 0 atom stereocenters. The summed E-state index contributed by atoms with van der Waals surface area (Å²) in [6.07, 6.45) is 0.309. The van der Waals surface area contributed by atoms with Gasteiger partial charge >= 0.3 is 0 Å². The molecule has 0 saturated carbocycles. The molecule has 3 aromatic rings. The van der Waals surface area contributed by atoms with Gasteiger partial charge in [-0.1, -0.05) is 35.9 Å². The van der Waals surface area contributed by atoms with E-state index in [2.05, 4.69) is 32.3 Å². The average molecular weight is 473 g/mol. The van der Waals surface area contributed by atoms with Crippen molar-refractivity contribution in [3.63, 3.8) is 0 Å². The Morgan fingerprint density at radius 1 is 1.14 bits per heavy atom. The van der Waals surface area contributed by atoms with Crippen LogP contribution in [0.2, 0.25) is 5.02 Å². The summed E-state index contributed by atoms with van der Waals surface area (Å²) in [5.74, 6) is 0.425. The molecule has 0 aliphatic heterocycles. The number of aromatic nitrogens is 1. The second-order valence-corrected chi connectivity index (χ2v) is 8.17. The molecule has 1 heterocycles. The second kappa shape index (κ2) is 9.74. The van der Waals surface area contributed by atoms with Gasteiger partial charge < -0.3 is 5.32 Å². The number of nitrogens with zero attached hydrogens (tertiary/aromatic N) is 2. The second-order valence-electron chi connectivity index (χ2n) is 5.79. The van der Waals surface area contributed by atoms with Crippen LogP contribution in [0.15, 0.2) is 70.2 Å². The van der Waals surface area contributed by atoms with E-state index in [-0.39, 0.29) is 5.91 Å². The molecule has 0 unspecified atom stereocenters. The molecule has 7 heteroatoms. The Labute approximate surface area is 181 Å². The van der Waals surface area contributed by atoms with E-state index >= 15 is 0 Å². The smallest absolute Gasteiger partial charge is 0.225 e. The van der Waals surface area contributed by atoms with Gasteiger partial charge in [0.15, 0.2) is 0 Å². The summed E-state index contributed by atoms with van der Waals surface area (Å²) in [6, 6.07) is 20.5. The van der Waals surface area contributed by atoms with Crippen molar-refractivity contribution in [1.29, 1.82) is 5.26 Å². The summed E-state index contributed by atoms with van der Waals surface area (Å²) >= 11 is 10.7. The summed E-state index contributed by atoms with van der Waals surface area (Å²) in [6.45, 7) is 0. The van der Waals surface area contributed by atoms with Crippen LogP contribution in [0.25, 0.3) is 11.3 Å². The summed E-state index contributed by atoms with van der Waals surface area (Å²) in [4.78, 5) is 16.8. The van der Waals surface area contributed by atoms with Gasteiger partial charge in [0.2, 0.25) is 5.91 Å². The van der Waals surface area contributed by atoms with Crippen molar-refractivity contribution in [2.75, 3.05) is 11.1 Å². The number of para-hydroxylation sites is 1. The lowest BCUT2D eigenvalue weighted by Crippen LogP contribution is -2.12. The number of nitrogens with one attached hydrogen (secondary N) is 1. The first-order valence-corrected chi connectivity index (χ1v) is 10.6. The van der Waals surface area contributed by atoms with Gasteiger partial charge in [-0.15, -0.1) is 11.8 Å². The van der Waals surface area contributed by atoms with Crippen molar-refractivity contribution < 1.29 is 4.79 Å². The van der Waals surface area contributed by atoms with Crippen LogP contribution in [0.4, 0.5) is 5.69 Å². The number of halogens is 2. The molecule has 0 bridgehead atoms. The Kier molecular flexibility index (Phi) is 7.10. The number of hydrogen-bond acceptors (Lipinski definition) is 4. The molecule has 0 saturated heterocycles. The fraction of sp³-hybridized carbons (Fsp3) is 0.0952. The lowest BCUT2D eigenvalue weighted by atomic mass is 10.1. The summed E-state index contributed by atoms with van der Waals surface area (Å²) in [5.41, 5.74) is 2.91. The van der Waals surface area contributed by atoms with E-state index in [0.29, 0.717) is 27.8 Å². The topological polar surface area (TPSA) is 65.8 Å². The number of thioether (sulfide) groups is 1. The largest absolute Gasteiger partial charge is 0.325 e. The highest BCUT2D eigenvalue weighted by Crippen LogP contribution is 2.27. The minimum absolute atomic E-state index is 0.0910. The molecule has 2 aromatic carbocycles. The van der Waals surface area contributed by atoms with Crippen molar-refractivity contribution >= 4 is 50.9 Å². The fourth-order valence-electron chi connectivity index (χ4n) is 2.43. The van der Waals surface area contributed by atoms with Crippen molar-refractivity contribution in [3.8, 4) is 17.3 Å². The van der Waals surface area contributed by atoms with E-state index in [1.165, 1.54) is 11.8 Å². The first-order chi connectivity index (χ1) is 13.6. The highest BCUT2D eigenvalue weighted by Gasteiger charge is 2.10. The summed E-state index contributed by atoms with van der Waals surface area (Å²) < 4.78 is 0.833. The number of hydrogen-bond donors (Lipinski definition) is 1. The monoisotopic (exact) mass is 471 g/mol. The van der Waals surface area contributed by atoms with Crippen LogP contribution in [-0.2, 0) is 4.79 Å². The molecule has 1 amide bonds. The SMILES string of the molecule is N#Cc1ccc(-c2ccc(Cl)cc2)nc1SCCC(=O)Nc1ccccc1Br. The molecular weight excluding hydrogens is 458 g/mol. The zero-order valence-electron chi connectivity index (χ0n) is 14.7. The normalized spacial score (nSPS) is 10.3. The highest BCUT2D eigenvalue weighted by atomic mass is 79.9. The average Bonchev–Trinajstić information content (AvgIpc) is 2.70. The maximum Gasteiger partial charge on any atom is 0.225 e. The van der Waals surface area contributed by atoms with Gasteiger partial charge in [0.05, 0.1) is 16.9 Å². The lowest BCUT2D eigenvalue weighted by molar-refractivity contribution is -0.115. The molecule has 0 aliphatic rings. The molecule has 1 N–H and O–H groups in total. The molecule has 0 fully saturated rings. The van der Waals surface area contributed by atoms with Crippen LogP contribution in [0.3, 0.4) is 0 Å². The zero-order valence-corrected chi connectivity index (χ0v) is 17.8. The summed E-state index contributed by atoms with van der Waals surface area (Å²) in [5, 5.41) is 13.5. The van der Waals surface area contributed by atoms with E-state index in [9.17, 15) is 10.1 Å². The molecule has 28 heavy (non-hydrogen) atoms. The van der Waals surface area contributed by atoms with Crippen LogP contribution >= 0.6 is 39.3 Å². The predicted octanol–water partition coefficient (Wildman–Crippen LogP) is 6.16. The number of amides is 1. The Bertz CT molecular complexity index is 1030. The zero-order chi connectivity index (χ0) is 19.9. The molecular formula is C21H15BrClN3OS. The first kappa shape index (κ1) is 20.4. The molecule has 3 rings (SSSR count). The Balaban J connectivity index is 1.65. The van der Waals surface area contributed by atoms with E-state index in [1.54, 1.807) is 18.2 Å². The number of benzene rings is 2. The van der Waals surface area contributed by atoms with Gasteiger partial charge in [-0.2, -0.15) is 5.26 Å². The number of nitriles is 1. The molecule has 140 valence electrons. The maximum atomic E-state index is 12.2. The number of pyridine rings is 1. The predicted molar refractivity (Wildman–Crippen MR) is 118 cm³/mol. The van der Waals surface area contributed by atoms with Gasteiger partial charge in [0.1, 0.15) is 11.1 Å². The van der Waals surface area contributed by atoms with Gasteiger partial charge in [-0.25, -0.2) is 4.98 Å². The van der Waals surface area contributed by atoms with Crippen LogP contribution in [-0.4, -0.2) is 16.6 Å². The standard InChI is InChI=1S/C21H15BrClN3OS/c22-17-3-1-2-4-19(17)25-20(27)11-12-28-21-15(13-24)7-10-18(26-21)14-5-8-16(23)9-6-14/h1-10H,11-12H2,(H,25,27). The Morgan fingerprint density at radius 3 is 2.61 bits per heavy atom. The minimum Gasteiger partial charge on any atom is -0.325 e. The van der Waals surface area contributed by atoms with Crippen LogP contribution in [0.1, 0.15) is 12.0 Å². The molecule has 1 aromatic heterocycles. The third-order valence-electron chi connectivity index (χ3n) is 3.84. The molecule has 4 nitrogen and oxygen atoms in total. The van der Waals surface area contributed by atoms with Crippen molar-refractivity contribution in [2.24, 2.45) is 0 Å². The van der Waals surface area contributed by atoms with Crippen LogP contribution in [0.5, 0.6) is 0 Å². The van der Waals surface area contributed by atoms with Crippen LogP contribution < -0.4 is 5.32 Å². The van der Waals surface area contributed by atoms with E-state index in [4.69, 9.17) is 11.6 Å². The quantitative estimate of drug-likeness (QED) is 0.436. The minimum atomic E-state index is -0.0910. The number of anilines is 1. The van der Waals surface area contributed by atoms with E-state index in [0.717, 1.165) is 21.4 Å². The number of carbonyl (C=O) groups excluding carboxylic acids is 1. The molecule has 0 aliphatic carbocycles. The van der Waals surface area contributed by atoms with Crippen molar-refractivity contribution in [3.05, 3.63) is 75.7 Å². The molecule has 0 radical (unpaired) electrons. The van der Waals surface area contributed by atoms with E-state index < -0.39 is 0 Å².